The van der Waals surface area contributed by atoms with Gasteiger partial charge in [0, 0.05) is 38.0 Å². The van der Waals surface area contributed by atoms with Crippen LogP contribution in [0.25, 0.3) is 11.1 Å². The van der Waals surface area contributed by atoms with Crippen LogP contribution in [-0.4, -0.2) is 35.4 Å². The smallest absolute Gasteiger partial charge is 0.322 e. The van der Waals surface area contributed by atoms with Gasteiger partial charge in [-0.15, -0.1) is 0 Å². The van der Waals surface area contributed by atoms with Crippen molar-refractivity contribution in [2.45, 2.75) is 13.0 Å². The average molecular weight is 479 g/mol. The summed E-state index contributed by atoms with van der Waals surface area (Å²) >= 11 is 0. The summed E-state index contributed by atoms with van der Waals surface area (Å²) in [5, 5.41) is 5.66. The Morgan fingerprint density at radius 3 is 2.50 bits per heavy atom. The number of rotatable bonds is 5. The lowest BCUT2D eigenvalue weighted by molar-refractivity contribution is 0.0958. The highest BCUT2D eigenvalue weighted by Gasteiger charge is 2.22. The molecule has 36 heavy (non-hydrogen) atoms. The van der Waals surface area contributed by atoms with Gasteiger partial charge in [-0.05, 0) is 47.4 Å². The number of nitrogens with zero attached hydrogens (tertiary/aromatic N) is 2. The van der Waals surface area contributed by atoms with Gasteiger partial charge in [0.05, 0.1) is 5.69 Å². The summed E-state index contributed by atoms with van der Waals surface area (Å²) in [7, 11) is 1.56. The Morgan fingerprint density at radius 2 is 1.67 bits per heavy atom. The molecule has 1 aliphatic heterocycles. The van der Waals surface area contributed by atoms with Crippen LogP contribution in [0.4, 0.5) is 10.5 Å². The van der Waals surface area contributed by atoms with Crippen molar-refractivity contribution in [1.82, 2.24) is 15.2 Å². The number of aromatic nitrogens is 1. The molecule has 2 N–H and O–H groups in total. The molecule has 0 spiro atoms. The lowest BCUT2D eigenvalue weighted by Crippen LogP contribution is -2.38. The van der Waals surface area contributed by atoms with Crippen molar-refractivity contribution in [2.75, 3.05) is 18.9 Å². The Hall–Kier alpha value is -4.65. The minimum absolute atomic E-state index is 0.139. The quantitative estimate of drug-likeness (QED) is 0.397. The number of amides is 3. The number of carbonyl (C=O) groups is 2. The molecule has 0 saturated carbocycles. The highest BCUT2D eigenvalue weighted by Crippen LogP contribution is 2.30. The third-order valence-electron chi connectivity index (χ3n) is 6.16. The van der Waals surface area contributed by atoms with E-state index >= 15 is 0 Å². The number of nitrogens with one attached hydrogen (secondary N) is 2. The molecule has 0 radical (unpaired) electrons. The molecule has 3 aromatic carbocycles. The Kier molecular flexibility index (Phi) is 6.62. The van der Waals surface area contributed by atoms with Gasteiger partial charge in [-0.25, -0.2) is 4.79 Å². The standard InChI is InChI=1S/C29H26N4O3/c1-30-28(34)27-18-24(13-15-31-27)36-23-12-11-20-14-16-33(19-22(20)17-23)29(35)32-26-10-6-5-9-25(26)21-7-3-2-4-8-21/h2-13,15,17-18H,14,16,19H2,1H3,(H,30,34)(H,32,35). The second-order valence-electron chi connectivity index (χ2n) is 8.50. The summed E-state index contributed by atoms with van der Waals surface area (Å²) in [4.78, 5) is 31.0. The van der Waals surface area contributed by atoms with Gasteiger partial charge < -0.3 is 20.3 Å². The van der Waals surface area contributed by atoms with Crippen LogP contribution < -0.4 is 15.4 Å². The predicted molar refractivity (Wildman–Crippen MR) is 139 cm³/mol. The van der Waals surface area contributed by atoms with E-state index in [4.69, 9.17) is 4.74 Å². The summed E-state index contributed by atoms with van der Waals surface area (Å²) < 4.78 is 6.00. The zero-order valence-corrected chi connectivity index (χ0v) is 19.9. The number of ether oxygens (including phenoxy) is 1. The summed E-state index contributed by atoms with van der Waals surface area (Å²) in [6, 6.07) is 26.9. The molecule has 180 valence electrons. The Balaban J connectivity index is 1.30. The van der Waals surface area contributed by atoms with Crippen LogP contribution in [0.15, 0.2) is 91.1 Å². The van der Waals surface area contributed by atoms with Gasteiger partial charge in [-0.3, -0.25) is 9.78 Å². The number of para-hydroxylation sites is 1. The number of fused-ring (bicyclic) bond motifs is 1. The first kappa shape index (κ1) is 23.1. The monoisotopic (exact) mass is 478 g/mol. The number of benzene rings is 3. The molecule has 2 heterocycles. The molecule has 0 fully saturated rings. The fourth-order valence-corrected chi connectivity index (χ4v) is 4.29. The highest BCUT2D eigenvalue weighted by atomic mass is 16.5. The van der Waals surface area contributed by atoms with E-state index in [1.54, 1.807) is 19.2 Å². The van der Waals surface area contributed by atoms with Gasteiger partial charge in [0.25, 0.3) is 5.91 Å². The van der Waals surface area contributed by atoms with E-state index in [0.29, 0.717) is 24.6 Å². The van der Waals surface area contributed by atoms with Crippen LogP contribution in [0.1, 0.15) is 21.6 Å². The Bertz CT molecular complexity index is 1400. The van der Waals surface area contributed by atoms with Gasteiger partial charge >= 0.3 is 6.03 Å². The highest BCUT2D eigenvalue weighted by molar-refractivity contribution is 5.94. The number of hydrogen-bond acceptors (Lipinski definition) is 4. The molecule has 0 aliphatic carbocycles. The van der Waals surface area contributed by atoms with Crippen LogP contribution >= 0.6 is 0 Å². The van der Waals surface area contributed by atoms with Gasteiger partial charge in [0.2, 0.25) is 0 Å². The van der Waals surface area contributed by atoms with Crippen LogP contribution in [0, 0.1) is 0 Å². The fraction of sp³-hybridized carbons (Fsp3) is 0.138. The third-order valence-corrected chi connectivity index (χ3v) is 6.16. The van der Waals surface area contributed by atoms with Gasteiger partial charge in [-0.2, -0.15) is 0 Å². The zero-order valence-electron chi connectivity index (χ0n) is 19.9. The van der Waals surface area contributed by atoms with Crippen molar-refractivity contribution < 1.29 is 14.3 Å². The second kappa shape index (κ2) is 10.3. The van der Waals surface area contributed by atoms with E-state index in [-0.39, 0.29) is 17.6 Å². The maximum Gasteiger partial charge on any atom is 0.322 e. The number of anilines is 1. The van der Waals surface area contributed by atoms with Crippen LogP contribution in [0.2, 0.25) is 0 Å². The average Bonchev–Trinajstić information content (AvgIpc) is 2.93. The van der Waals surface area contributed by atoms with E-state index < -0.39 is 0 Å². The lowest BCUT2D eigenvalue weighted by atomic mass is 9.99. The maximum atomic E-state index is 13.2. The van der Waals surface area contributed by atoms with E-state index in [1.807, 2.05) is 77.7 Å². The second-order valence-corrected chi connectivity index (χ2v) is 8.50. The first-order chi connectivity index (χ1) is 17.6. The summed E-state index contributed by atoms with van der Waals surface area (Å²) in [6.45, 7) is 1.11. The largest absolute Gasteiger partial charge is 0.457 e. The van der Waals surface area contributed by atoms with E-state index in [2.05, 4.69) is 15.6 Å². The van der Waals surface area contributed by atoms with Crippen LogP contribution in [0.3, 0.4) is 0 Å². The van der Waals surface area contributed by atoms with Crippen LogP contribution in [-0.2, 0) is 13.0 Å². The van der Waals surface area contributed by atoms with Crippen LogP contribution in [0.5, 0.6) is 11.5 Å². The Morgan fingerprint density at radius 1 is 0.889 bits per heavy atom. The minimum Gasteiger partial charge on any atom is -0.457 e. The molecule has 0 unspecified atom stereocenters. The van der Waals surface area contributed by atoms with Gasteiger partial charge in [-0.1, -0.05) is 54.6 Å². The molecule has 0 bridgehead atoms. The molecule has 0 saturated heterocycles. The SMILES string of the molecule is CNC(=O)c1cc(Oc2ccc3c(c2)CN(C(=O)Nc2ccccc2-c2ccccc2)CC3)ccn1. The summed E-state index contributed by atoms with van der Waals surface area (Å²) in [5.41, 5.74) is 5.32. The molecule has 0 atom stereocenters. The van der Waals surface area contributed by atoms with E-state index in [1.165, 1.54) is 11.8 Å². The molecule has 1 aromatic heterocycles. The molecule has 4 aromatic rings. The molecular weight excluding hydrogens is 452 g/mol. The van der Waals surface area contributed by atoms with Crippen molar-refractivity contribution in [2.24, 2.45) is 0 Å². The molecular formula is C29H26N4O3. The molecule has 1 aliphatic rings. The van der Waals surface area contributed by atoms with Gasteiger partial charge in [0.1, 0.15) is 17.2 Å². The predicted octanol–water partition coefficient (Wildman–Crippen LogP) is 5.49. The number of urea groups is 1. The maximum absolute atomic E-state index is 13.2. The van der Waals surface area contributed by atoms with E-state index in [0.717, 1.165) is 28.8 Å². The minimum atomic E-state index is -0.276. The van der Waals surface area contributed by atoms with E-state index in [9.17, 15) is 9.59 Å². The summed E-state index contributed by atoms with van der Waals surface area (Å²) in [5.74, 6) is 0.882. The van der Waals surface area contributed by atoms with Crippen molar-refractivity contribution >= 4 is 17.6 Å². The number of hydrogen-bond donors (Lipinski definition) is 2. The first-order valence-corrected chi connectivity index (χ1v) is 11.8. The van der Waals surface area contributed by atoms with Crippen molar-refractivity contribution in [3.05, 3.63) is 108 Å². The molecule has 7 heteroatoms. The zero-order chi connectivity index (χ0) is 24.9. The van der Waals surface area contributed by atoms with Crippen molar-refractivity contribution in [3.63, 3.8) is 0 Å². The van der Waals surface area contributed by atoms with Crippen molar-refractivity contribution in [1.29, 1.82) is 0 Å². The normalized spacial score (nSPS) is 12.4. The van der Waals surface area contributed by atoms with Gasteiger partial charge in [0.15, 0.2) is 0 Å². The summed E-state index contributed by atoms with van der Waals surface area (Å²) in [6.07, 6.45) is 2.30. The first-order valence-electron chi connectivity index (χ1n) is 11.8. The number of carbonyl (C=O) groups excluding carboxylic acids is 2. The Labute approximate surface area is 209 Å². The third kappa shape index (κ3) is 5.05. The lowest BCUT2D eigenvalue weighted by Gasteiger charge is -2.29. The molecule has 7 nitrogen and oxygen atoms in total. The number of pyridine rings is 1. The fourth-order valence-electron chi connectivity index (χ4n) is 4.29. The topological polar surface area (TPSA) is 83.6 Å². The van der Waals surface area contributed by atoms with Crippen molar-refractivity contribution in [3.8, 4) is 22.6 Å². The molecule has 5 rings (SSSR count). The molecule has 3 amide bonds.